The Morgan fingerprint density at radius 2 is 2.17 bits per heavy atom. The molecule has 98 valence electrons. The van der Waals surface area contributed by atoms with Gasteiger partial charge in [-0.25, -0.2) is 0 Å². The van der Waals surface area contributed by atoms with Gasteiger partial charge in [0.1, 0.15) is 5.76 Å². The molecule has 1 N–H and O–H groups in total. The first kappa shape index (κ1) is 12.0. The second-order valence-corrected chi connectivity index (χ2v) is 6.19. The Kier molecular flexibility index (Phi) is 2.46. The van der Waals surface area contributed by atoms with E-state index in [9.17, 15) is 9.90 Å². The van der Waals surface area contributed by atoms with Gasteiger partial charge in [0, 0.05) is 17.8 Å². The summed E-state index contributed by atoms with van der Waals surface area (Å²) in [5.74, 6) is 1.27. The fraction of sp³-hybridized carbons (Fsp3) is 0.667. The summed E-state index contributed by atoms with van der Waals surface area (Å²) in [4.78, 5) is 12.8. The average molecular weight is 248 g/mol. The highest BCUT2D eigenvalue weighted by Gasteiger charge is 2.55. The first-order valence-corrected chi connectivity index (χ1v) is 6.76. The molecular formula is C15H20O3. The van der Waals surface area contributed by atoms with Crippen LogP contribution in [0.1, 0.15) is 48.4 Å². The van der Waals surface area contributed by atoms with E-state index in [0.29, 0.717) is 12.3 Å². The van der Waals surface area contributed by atoms with E-state index in [1.165, 1.54) is 0 Å². The molecule has 3 heteroatoms. The van der Waals surface area contributed by atoms with Crippen LogP contribution < -0.4 is 0 Å². The lowest BCUT2D eigenvalue weighted by Crippen LogP contribution is -2.53. The molecule has 0 aromatic carbocycles. The summed E-state index contributed by atoms with van der Waals surface area (Å²) in [5.41, 5.74) is 1.27. The molecule has 0 unspecified atom stereocenters. The standard InChI is InChI=1S/C15H20O3/c1-8-7-18-12-6-10-11(16)5-4-9(2)15(10,3)14(17)13(8)12/h7,9-11,16H,4-6H2,1-3H3/t9-,10-,11+,15+/m0/s1. The van der Waals surface area contributed by atoms with Crippen LogP contribution in [-0.2, 0) is 6.42 Å². The van der Waals surface area contributed by atoms with Crippen molar-refractivity contribution in [2.75, 3.05) is 0 Å². The number of Topliss-reactive ketones (excluding diaryl/α,β-unsaturated/α-hetero) is 1. The first-order valence-electron chi connectivity index (χ1n) is 6.76. The van der Waals surface area contributed by atoms with E-state index >= 15 is 0 Å². The molecule has 1 heterocycles. The monoisotopic (exact) mass is 248 g/mol. The van der Waals surface area contributed by atoms with Crippen molar-refractivity contribution in [2.24, 2.45) is 17.3 Å². The predicted octanol–water partition coefficient (Wildman–Crippen LogP) is 2.74. The van der Waals surface area contributed by atoms with Crippen molar-refractivity contribution in [2.45, 2.75) is 46.1 Å². The zero-order chi connectivity index (χ0) is 13.1. The third-order valence-electron chi connectivity index (χ3n) is 5.33. The number of aliphatic hydroxyl groups is 1. The number of aliphatic hydroxyl groups excluding tert-OH is 1. The molecule has 1 saturated carbocycles. The van der Waals surface area contributed by atoms with Crippen LogP contribution >= 0.6 is 0 Å². The first-order chi connectivity index (χ1) is 8.46. The van der Waals surface area contributed by atoms with Crippen molar-refractivity contribution < 1.29 is 14.3 Å². The Morgan fingerprint density at radius 3 is 2.89 bits per heavy atom. The van der Waals surface area contributed by atoms with Crippen molar-refractivity contribution in [3.05, 3.63) is 23.2 Å². The smallest absolute Gasteiger partial charge is 0.173 e. The van der Waals surface area contributed by atoms with E-state index in [0.717, 1.165) is 29.7 Å². The minimum atomic E-state index is -0.431. The van der Waals surface area contributed by atoms with E-state index in [-0.39, 0.29) is 17.8 Å². The number of hydrogen-bond acceptors (Lipinski definition) is 3. The van der Waals surface area contributed by atoms with Gasteiger partial charge in [0.25, 0.3) is 0 Å². The Labute approximate surface area is 107 Å². The molecule has 0 spiro atoms. The highest BCUT2D eigenvalue weighted by molar-refractivity contribution is 6.03. The summed E-state index contributed by atoms with van der Waals surface area (Å²) in [5, 5.41) is 10.2. The second kappa shape index (κ2) is 3.70. The summed E-state index contributed by atoms with van der Waals surface area (Å²) < 4.78 is 5.50. The van der Waals surface area contributed by atoms with Gasteiger partial charge in [-0.2, -0.15) is 0 Å². The summed E-state index contributed by atoms with van der Waals surface area (Å²) in [6.45, 7) is 6.09. The lowest BCUT2D eigenvalue weighted by molar-refractivity contribution is -0.0414. The summed E-state index contributed by atoms with van der Waals surface area (Å²) in [6, 6.07) is 0. The molecule has 2 aliphatic rings. The topological polar surface area (TPSA) is 50.4 Å². The lowest BCUT2D eigenvalue weighted by Gasteiger charge is -2.49. The average Bonchev–Trinajstić information content (AvgIpc) is 2.70. The SMILES string of the molecule is Cc1coc2c1C(=O)[C@]1(C)[C@@H](C)CC[C@@H](O)[C@@H]1C2. The molecule has 4 atom stereocenters. The normalized spacial score (nSPS) is 39.3. The van der Waals surface area contributed by atoms with E-state index in [2.05, 4.69) is 6.92 Å². The number of fused-ring (bicyclic) bond motifs is 2. The maximum absolute atomic E-state index is 12.8. The number of carbonyl (C=O) groups excluding carboxylic acids is 1. The Morgan fingerprint density at radius 1 is 1.44 bits per heavy atom. The van der Waals surface area contributed by atoms with Crippen molar-refractivity contribution >= 4 is 5.78 Å². The maximum atomic E-state index is 12.8. The van der Waals surface area contributed by atoms with Crippen LogP contribution in [-0.4, -0.2) is 17.0 Å². The third-order valence-corrected chi connectivity index (χ3v) is 5.33. The van der Waals surface area contributed by atoms with Crippen LogP contribution in [0.25, 0.3) is 0 Å². The minimum Gasteiger partial charge on any atom is -0.468 e. The van der Waals surface area contributed by atoms with Crippen molar-refractivity contribution in [3.63, 3.8) is 0 Å². The molecule has 3 nitrogen and oxygen atoms in total. The van der Waals surface area contributed by atoms with E-state index in [1.807, 2.05) is 13.8 Å². The van der Waals surface area contributed by atoms with Gasteiger partial charge in [-0.05, 0) is 31.2 Å². The highest BCUT2D eigenvalue weighted by atomic mass is 16.3. The van der Waals surface area contributed by atoms with Gasteiger partial charge >= 0.3 is 0 Å². The number of furan rings is 1. The van der Waals surface area contributed by atoms with Gasteiger partial charge in [0.2, 0.25) is 0 Å². The lowest BCUT2D eigenvalue weighted by atomic mass is 9.54. The van der Waals surface area contributed by atoms with Crippen molar-refractivity contribution in [1.82, 2.24) is 0 Å². The zero-order valence-corrected chi connectivity index (χ0v) is 11.2. The molecule has 0 radical (unpaired) electrons. The fourth-order valence-electron chi connectivity index (χ4n) is 3.85. The Hall–Kier alpha value is -1.09. The summed E-state index contributed by atoms with van der Waals surface area (Å²) >= 11 is 0. The maximum Gasteiger partial charge on any atom is 0.173 e. The van der Waals surface area contributed by atoms with E-state index < -0.39 is 5.41 Å². The van der Waals surface area contributed by atoms with Gasteiger partial charge < -0.3 is 9.52 Å². The molecule has 0 aliphatic heterocycles. The molecule has 0 saturated heterocycles. The zero-order valence-electron chi connectivity index (χ0n) is 11.2. The van der Waals surface area contributed by atoms with Crippen LogP contribution in [0.15, 0.2) is 10.7 Å². The Balaban J connectivity index is 2.15. The molecule has 1 aromatic rings. The molecule has 18 heavy (non-hydrogen) atoms. The van der Waals surface area contributed by atoms with Crippen LogP contribution in [0.2, 0.25) is 0 Å². The largest absolute Gasteiger partial charge is 0.468 e. The minimum absolute atomic E-state index is 0.00630. The van der Waals surface area contributed by atoms with Crippen LogP contribution in [0.4, 0.5) is 0 Å². The Bertz CT molecular complexity index is 502. The van der Waals surface area contributed by atoms with Gasteiger partial charge in [0.15, 0.2) is 5.78 Å². The second-order valence-electron chi connectivity index (χ2n) is 6.19. The summed E-state index contributed by atoms with van der Waals surface area (Å²) in [6.07, 6.45) is 3.70. The van der Waals surface area contributed by atoms with Gasteiger partial charge in [0.05, 0.1) is 17.9 Å². The van der Waals surface area contributed by atoms with Gasteiger partial charge in [-0.15, -0.1) is 0 Å². The predicted molar refractivity (Wildman–Crippen MR) is 67.5 cm³/mol. The molecule has 2 aliphatic carbocycles. The molecule has 1 aromatic heterocycles. The van der Waals surface area contributed by atoms with Crippen molar-refractivity contribution in [3.8, 4) is 0 Å². The molecule has 1 fully saturated rings. The molecular weight excluding hydrogens is 228 g/mol. The summed E-state index contributed by atoms with van der Waals surface area (Å²) in [7, 11) is 0. The van der Waals surface area contributed by atoms with Crippen molar-refractivity contribution in [1.29, 1.82) is 0 Å². The number of ketones is 1. The van der Waals surface area contributed by atoms with E-state index in [1.54, 1.807) is 6.26 Å². The van der Waals surface area contributed by atoms with Gasteiger partial charge in [-0.3, -0.25) is 4.79 Å². The fourth-order valence-corrected chi connectivity index (χ4v) is 3.85. The third kappa shape index (κ3) is 1.31. The molecule has 0 amide bonds. The van der Waals surface area contributed by atoms with Crippen LogP contribution in [0, 0.1) is 24.2 Å². The number of carbonyl (C=O) groups is 1. The quantitative estimate of drug-likeness (QED) is 0.768. The number of rotatable bonds is 0. The molecule has 3 rings (SSSR count). The number of hydrogen-bond donors (Lipinski definition) is 1. The van der Waals surface area contributed by atoms with Crippen LogP contribution in [0.3, 0.4) is 0 Å². The van der Waals surface area contributed by atoms with Gasteiger partial charge in [-0.1, -0.05) is 13.8 Å². The van der Waals surface area contributed by atoms with E-state index in [4.69, 9.17) is 4.42 Å². The number of aryl methyl sites for hydroxylation is 1. The highest BCUT2D eigenvalue weighted by Crippen LogP contribution is 2.52. The molecule has 0 bridgehead atoms. The van der Waals surface area contributed by atoms with Crippen LogP contribution in [0.5, 0.6) is 0 Å².